The lowest BCUT2D eigenvalue weighted by Gasteiger charge is -2.24. The van der Waals surface area contributed by atoms with Crippen LogP contribution in [0.3, 0.4) is 0 Å². The first-order valence-corrected chi connectivity index (χ1v) is 9.77. The third-order valence-corrected chi connectivity index (χ3v) is 5.28. The average Bonchev–Trinajstić information content (AvgIpc) is 3.50. The van der Waals surface area contributed by atoms with Gasteiger partial charge in [-0.3, -0.25) is 9.69 Å². The summed E-state index contributed by atoms with van der Waals surface area (Å²) in [5.41, 5.74) is 3.19. The van der Waals surface area contributed by atoms with Crippen LogP contribution < -0.4 is 5.32 Å². The Morgan fingerprint density at radius 2 is 1.73 bits per heavy atom. The third-order valence-electron chi connectivity index (χ3n) is 5.28. The molecule has 3 nitrogen and oxygen atoms in total. The van der Waals surface area contributed by atoms with E-state index in [0.29, 0.717) is 12.0 Å². The summed E-state index contributed by atoms with van der Waals surface area (Å²) < 4.78 is 0. The molecule has 1 amide bonds. The van der Waals surface area contributed by atoms with E-state index in [1.165, 1.54) is 24.0 Å². The van der Waals surface area contributed by atoms with Crippen LogP contribution in [0.2, 0.25) is 0 Å². The number of amides is 1. The van der Waals surface area contributed by atoms with Crippen LogP contribution in [0.15, 0.2) is 54.6 Å². The summed E-state index contributed by atoms with van der Waals surface area (Å²) in [6.07, 6.45) is 2.39. The van der Waals surface area contributed by atoms with Crippen LogP contribution >= 0.6 is 0 Å². The molecular weight excluding hydrogens is 320 g/mol. The highest BCUT2D eigenvalue weighted by molar-refractivity contribution is 5.94. The normalized spacial score (nSPS) is 15.3. The van der Waals surface area contributed by atoms with Crippen molar-refractivity contribution in [3.05, 3.63) is 71.3 Å². The Bertz CT molecular complexity index is 705. The zero-order valence-electron chi connectivity index (χ0n) is 16.1. The van der Waals surface area contributed by atoms with Gasteiger partial charge in [0.2, 0.25) is 0 Å². The number of hydrogen-bond acceptors (Lipinski definition) is 2. The minimum Gasteiger partial charge on any atom is -0.345 e. The highest BCUT2D eigenvalue weighted by atomic mass is 16.1. The summed E-state index contributed by atoms with van der Waals surface area (Å²) in [5, 5.41) is 3.25. The van der Waals surface area contributed by atoms with Crippen LogP contribution in [-0.4, -0.2) is 23.4 Å². The number of hydrogen-bond donors (Lipinski definition) is 1. The summed E-state index contributed by atoms with van der Waals surface area (Å²) in [6.45, 7) is 8.56. The molecule has 1 fully saturated rings. The first-order valence-electron chi connectivity index (χ1n) is 9.77. The van der Waals surface area contributed by atoms with E-state index in [4.69, 9.17) is 0 Å². The molecule has 3 rings (SSSR count). The van der Waals surface area contributed by atoms with Gasteiger partial charge in [0.05, 0.1) is 6.04 Å². The van der Waals surface area contributed by atoms with E-state index in [-0.39, 0.29) is 11.9 Å². The molecule has 1 aliphatic carbocycles. The second-order valence-corrected chi connectivity index (χ2v) is 7.55. The quantitative estimate of drug-likeness (QED) is 0.742. The van der Waals surface area contributed by atoms with E-state index in [2.05, 4.69) is 55.3 Å². The Morgan fingerprint density at radius 1 is 1.08 bits per heavy atom. The molecule has 0 saturated heterocycles. The van der Waals surface area contributed by atoms with Gasteiger partial charge in [-0.1, -0.05) is 49.4 Å². The molecule has 3 heteroatoms. The molecule has 2 aromatic rings. The smallest absolute Gasteiger partial charge is 0.251 e. The van der Waals surface area contributed by atoms with Crippen LogP contribution in [0.1, 0.15) is 61.1 Å². The van der Waals surface area contributed by atoms with E-state index in [9.17, 15) is 4.79 Å². The van der Waals surface area contributed by atoms with Crippen molar-refractivity contribution in [3.63, 3.8) is 0 Å². The number of carbonyl (C=O) groups is 1. The van der Waals surface area contributed by atoms with Crippen LogP contribution in [0.4, 0.5) is 0 Å². The van der Waals surface area contributed by atoms with Crippen molar-refractivity contribution in [1.29, 1.82) is 0 Å². The maximum Gasteiger partial charge on any atom is 0.251 e. The Labute approximate surface area is 157 Å². The molecule has 1 unspecified atom stereocenters. The van der Waals surface area contributed by atoms with Crippen molar-refractivity contribution < 1.29 is 4.79 Å². The Hall–Kier alpha value is -2.13. The molecule has 0 spiro atoms. The molecule has 138 valence electrons. The summed E-state index contributed by atoms with van der Waals surface area (Å²) in [5.74, 6) is 0.596. The lowest BCUT2D eigenvalue weighted by Crippen LogP contribution is -2.30. The SMILES string of the molecule is CCN(Cc1ccc(C(=O)NC(c2ccccc2)C2CC2)cc1)C(C)C. The molecule has 0 radical (unpaired) electrons. The topological polar surface area (TPSA) is 32.3 Å². The fraction of sp³-hybridized carbons (Fsp3) is 0.435. The van der Waals surface area contributed by atoms with Crippen LogP contribution in [0.25, 0.3) is 0 Å². The lowest BCUT2D eigenvalue weighted by molar-refractivity contribution is 0.0931. The number of benzene rings is 2. The van der Waals surface area contributed by atoms with E-state index in [0.717, 1.165) is 18.7 Å². The molecule has 0 bridgehead atoms. The standard InChI is InChI=1S/C23H30N2O/c1-4-25(17(2)3)16-18-10-12-21(13-11-18)23(26)24-22(20-14-15-20)19-8-6-5-7-9-19/h5-13,17,20,22H,4,14-16H2,1-3H3,(H,24,26). The lowest BCUT2D eigenvalue weighted by atomic mass is 10.0. The predicted molar refractivity (Wildman–Crippen MR) is 107 cm³/mol. The molecule has 0 aromatic heterocycles. The zero-order chi connectivity index (χ0) is 18.5. The fourth-order valence-corrected chi connectivity index (χ4v) is 3.44. The second-order valence-electron chi connectivity index (χ2n) is 7.55. The van der Waals surface area contributed by atoms with Crippen LogP contribution in [0.5, 0.6) is 0 Å². The van der Waals surface area contributed by atoms with E-state index >= 15 is 0 Å². The number of carbonyl (C=O) groups excluding carboxylic acids is 1. The predicted octanol–water partition coefficient (Wildman–Crippen LogP) is 4.80. The maximum atomic E-state index is 12.7. The van der Waals surface area contributed by atoms with Crippen molar-refractivity contribution in [2.24, 2.45) is 5.92 Å². The highest BCUT2D eigenvalue weighted by Crippen LogP contribution is 2.41. The number of rotatable bonds is 8. The van der Waals surface area contributed by atoms with Gasteiger partial charge >= 0.3 is 0 Å². The minimum absolute atomic E-state index is 0.0218. The molecule has 1 N–H and O–H groups in total. The van der Waals surface area contributed by atoms with Gasteiger partial charge in [-0.05, 0) is 62.4 Å². The van der Waals surface area contributed by atoms with E-state index < -0.39 is 0 Å². The highest BCUT2D eigenvalue weighted by Gasteiger charge is 2.33. The summed E-state index contributed by atoms with van der Waals surface area (Å²) in [7, 11) is 0. The third kappa shape index (κ3) is 4.73. The number of nitrogens with one attached hydrogen (secondary N) is 1. The van der Waals surface area contributed by atoms with Gasteiger partial charge in [0.1, 0.15) is 0 Å². The first-order chi connectivity index (χ1) is 12.6. The van der Waals surface area contributed by atoms with Gasteiger partial charge in [-0.15, -0.1) is 0 Å². The van der Waals surface area contributed by atoms with Gasteiger partial charge in [0, 0.05) is 18.2 Å². The van der Waals surface area contributed by atoms with Gasteiger partial charge in [-0.2, -0.15) is 0 Å². The van der Waals surface area contributed by atoms with Gasteiger partial charge in [-0.25, -0.2) is 0 Å². The van der Waals surface area contributed by atoms with Crippen LogP contribution in [-0.2, 0) is 6.54 Å². The number of nitrogens with zero attached hydrogens (tertiary/aromatic N) is 1. The summed E-state index contributed by atoms with van der Waals surface area (Å²) in [6, 6.07) is 19.0. The Morgan fingerprint density at radius 3 is 2.27 bits per heavy atom. The second kappa shape index (κ2) is 8.50. The largest absolute Gasteiger partial charge is 0.345 e. The molecule has 1 atom stereocenters. The molecule has 26 heavy (non-hydrogen) atoms. The van der Waals surface area contributed by atoms with Crippen molar-refractivity contribution in [1.82, 2.24) is 10.2 Å². The van der Waals surface area contributed by atoms with Crippen LogP contribution in [0, 0.1) is 5.92 Å². The zero-order valence-corrected chi connectivity index (χ0v) is 16.1. The Balaban J connectivity index is 1.66. The molecule has 0 heterocycles. The fourth-order valence-electron chi connectivity index (χ4n) is 3.44. The average molecular weight is 351 g/mol. The first kappa shape index (κ1) is 18.7. The van der Waals surface area contributed by atoms with Crippen molar-refractivity contribution in [2.75, 3.05) is 6.54 Å². The van der Waals surface area contributed by atoms with Gasteiger partial charge < -0.3 is 5.32 Å². The molecular formula is C23H30N2O. The Kier molecular flexibility index (Phi) is 6.10. The monoisotopic (exact) mass is 350 g/mol. The molecule has 2 aromatic carbocycles. The molecule has 0 aliphatic heterocycles. The van der Waals surface area contributed by atoms with E-state index in [1.54, 1.807) is 0 Å². The van der Waals surface area contributed by atoms with Crippen molar-refractivity contribution in [2.45, 2.75) is 52.2 Å². The van der Waals surface area contributed by atoms with Crippen molar-refractivity contribution in [3.8, 4) is 0 Å². The minimum atomic E-state index is 0.0218. The van der Waals surface area contributed by atoms with Crippen molar-refractivity contribution >= 4 is 5.91 Å². The summed E-state index contributed by atoms with van der Waals surface area (Å²) in [4.78, 5) is 15.1. The van der Waals surface area contributed by atoms with Gasteiger partial charge in [0.15, 0.2) is 0 Å². The molecule has 1 aliphatic rings. The maximum absolute atomic E-state index is 12.7. The summed E-state index contributed by atoms with van der Waals surface area (Å²) >= 11 is 0. The van der Waals surface area contributed by atoms with E-state index in [1.807, 2.05) is 30.3 Å². The molecule has 1 saturated carbocycles. The van der Waals surface area contributed by atoms with Gasteiger partial charge in [0.25, 0.3) is 5.91 Å².